The van der Waals surface area contributed by atoms with Crippen molar-refractivity contribution in [2.45, 2.75) is 25.2 Å². The maximum atomic E-state index is 13.3. The number of hydrogen-bond acceptors (Lipinski definition) is 7. The summed E-state index contributed by atoms with van der Waals surface area (Å²) < 4.78 is 0. The Balaban J connectivity index is 1.35. The fourth-order valence-electron chi connectivity index (χ4n) is 5.68. The van der Waals surface area contributed by atoms with Crippen LogP contribution in [0.2, 0.25) is 0 Å². The summed E-state index contributed by atoms with van der Waals surface area (Å²) in [6.45, 7) is 3.26. The Hall–Kier alpha value is -5.16. The van der Waals surface area contributed by atoms with Crippen LogP contribution in [0, 0.1) is 10.1 Å². The van der Waals surface area contributed by atoms with Gasteiger partial charge in [-0.15, -0.1) is 0 Å². The number of amides is 4. The average Bonchev–Trinajstić information content (AvgIpc) is 3.70. The first-order chi connectivity index (χ1) is 20.8. The largest absolute Gasteiger partial charge is 0.328 e. The summed E-state index contributed by atoms with van der Waals surface area (Å²) in [7, 11) is 1.52. The van der Waals surface area contributed by atoms with Gasteiger partial charge in [-0.25, -0.2) is 4.79 Å². The third-order valence-corrected chi connectivity index (χ3v) is 8.08. The lowest BCUT2D eigenvalue weighted by Gasteiger charge is -2.16. The van der Waals surface area contributed by atoms with Crippen molar-refractivity contribution in [3.05, 3.63) is 105 Å². The molecule has 2 saturated heterocycles. The van der Waals surface area contributed by atoms with Crippen molar-refractivity contribution >= 4 is 46.7 Å². The number of likely N-dealkylation sites (tertiary alicyclic amines) is 1. The van der Waals surface area contributed by atoms with Gasteiger partial charge in [0.25, 0.3) is 11.6 Å². The normalized spacial score (nSPS) is 19.6. The van der Waals surface area contributed by atoms with Crippen LogP contribution in [0.1, 0.15) is 41.0 Å². The zero-order valence-corrected chi connectivity index (χ0v) is 23.6. The average molecular weight is 579 g/mol. The molecule has 3 aromatic carbocycles. The molecule has 0 aromatic heterocycles. The van der Waals surface area contributed by atoms with E-state index in [9.17, 15) is 24.5 Å². The predicted molar refractivity (Wildman–Crippen MR) is 162 cm³/mol. The van der Waals surface area contributed by atoms with E-state index in [-0.39, 0.29) is 17.3 Å². The summed E-state index contributed by atoms with van der Waals surface area (Å²) in [6.07, 6.45) is 5.01. The summed E-state index contributed by atoms with van der Waals surface area (Å²) in [5, 5.41) is 16.6. The molecule has 0 saturated carbocycles. The molecule has 2 fully saturated rings. The van der Waals surface area contributed by atoms with Crippen molar-refractivity contribution in [2.24, 2.45) is 4.99 Å². The number of imide groups is 1. The minimum absolute atomic E-state index is 0.103. The molecule has 3 aliphatic rings. The SMILES string of the molecule is CN1C(=O)NC(=O)C1=Cc1ccc(N=C(c2ccc(CCN3CCCC3)cc2)C2C(=O)Nc3ccc([N+](=O)[O-])cc32)cc1. The number of rotatable bonds is 8. The van der Waals surface area contributed by atoms with Gasteiger partial charge in [0.05, 0.1) is 16.3 Å². The topological polar surface area (TPSA) is 137 Å². The second-order valence-corrected chi connectivity index (χ2v) is 10.9. The highest BCUT2D eigenvalue weighted by Crippen LogP contribution is 2.38. The standard InChI is InChI=1S/C32H30N6O5/c1-36-27(30(39)35-32(36)41)18-21-6-10-23(11-7-21)33-29(22-8-4-20(5-9-22)14-17-37-15-2-3-16-37)28-25-19-24(38(42)43)12-13-26(25)34-31(28)40/h4-13,18-19,28H,2-3,14-17H2,1H3,(H,34,40)(H,35,39,41). The molecule has 43 heavy (non-hydrogen) atoms. The number of fused-ring (bicyclic) bond motifs is 1. The van der Waals surface area contributed by atoms with Gasteiger partial charge in [0.1, 0.15) is 11.6 Å². The monoisotopic (exact) mass is 578 g/mol. The Kier molecular flexibility index (Phi) is 7.56. The van der Waals surface area contributed by atoms with E-state index in [0.717, 1.165) is 31.6 Å². The predicted octanol–water partition coefficient (Wildman–Crippen LogP) is 4.61. The highest BCUT2D eigenvalue weighted by molar-refractivity contribution is 6.24. The number of aliphatic imine (C=N–C) groups is 1. The molecule has 3 heterocycles. The Morgan fingerprint density at radius 1 is 1.00 bits per heavy atom. The Labute approximate surface area is 248 Å². The number of urea groups is 1. The van der Waals surface area contributed by atoms with Crippen molar-refractivity contribution in [3.8, 4) is 0 Å². The summed E-state index contributed by atoms with van der Waals surface area (Å²) in [5.74, 6) is -1.64. The lowest BCUT2D eigenvalue weighted by molar-refractivity contribution is -0.384. The van der Waals surface area contributed by atoms with Crippen molar-refractivity contribution < 1.29 is 19.3 Å². The molecule has 3 aliphatic heterocycles. The van der Waals surface area contributed by atoms with Gasteiger partial charge < -0.3 is 10.2 Å². The summed E-state index contributed by atoms with van der Waals surface area (Å²) >= 11 is 0. The number of nitro groups is 1. The fourth-order valence-corrected chi connectivity index (χ4v) is 5.68. The number of non-ortho nitro benzene ring substituents is 1. The highest BCUT2D eigenvalue weighted by Gasteiger charge is 2.37. The van der Waals surface area contributed by atoms with Crippen LogP contribution in [0.5, 0.6) is 0 Å². The van der Waals surface area contributed by atoms with Crippen LogP contribution in [0.25, 0.3) is 6.08 Å². The van der Waals surface area contributed by atoms with Crippen molar-refractivity contribution in [2.75, 3.05) is 32.0 Å². The molecule has 11 nitrogen and oxygen atoms in total. The minimum Gasteiger partial charge on any atom is -0.325 e. The number of nitrogens with one attached hydrogen (secondary N) is 2. The van der Waals surface area contributed by atoms with Gasteiger partial charge in [-0.05, 0) is 73.3 Å². The third-order valence-electron chi connectivity index (χ3n) is 8.08. The van der Waals surface area contributed by atoms with E-state index in [1.54, 1.807) is 36.4 Å². The minimum atomic E-state index is -0.853. The van der Waals surface area contributed by atoms with Crippen LogP contribution in [-0.2, 0) is 16.0 Å². The van der Waals surface area contributed by atoms with Gasteiger partial charge in [-0.3, -0.25) is 34.9 Å². The molecule has 0 bridgehead atoms. The smallest absolute Gasteiger partial charge is 0.325 e. The molecule has 11 heteroatoms. The van der Waals surface area contributed by atoms with E-state index >= 15 is 0 Å². The van der Waals surface area contributed by atoms with Crippen LogP contribution in [0.4, 0.5) is 21.9 Å². The molecule has 0 spiro atoms. The lowest BCUT2D eigenvalue weighted by atomic mass is 9.90. The fraction of sp³-hybridized carbons (Fsp3) is 0.250. The number of anilines is 1. The van der Waals surface area contributed by atoms with Crippen molar-refractivity contribution in [3.63, 3.8) is 0 Å². The van der Waals surface area contributed by atoms with Gasteiger partial charge >= 0.3 is 6.03 Å². The number of carbonyl (C=O) groups is 3. The molecule has 0 radical (unpaired) electrons. The van der Waals surface area contributed by atoms with Gasteiger partial charge in [-0.1, -0.05) is 36.4 Å². The quantitative estimate of drug-likeness (QED) is 0.132. The molecular formula is C32H30N6O5. The summed E-state index contributed by atoms with van der Waals surface area (Å²) in [6, 6.07) is 18.9. The molecule has 1 unspecified atom stereocenters. The van der Waals surface area contributed by atoms with Gasteiger partial charge in [0.2, 0.25) is 5.91 Å². The molecular weight excluding hydrogens is 548 g/mol. The molecule has 1 atom stereocenters. The highest BCUT2D eigenvalue weighted by atomic mass is 16.6. The van der Waals surface area contributed by atoms with Crippen molar-refractivity contribution in [1.29, 1.82) is 0 Å². The van der Waals surface area contributed by atoms with E-state index in [1.807, 2.05) is 24.3 Å². The first-order valence-corrected chi connectivity index (χ1v) is 14.2. The third kappa shape index (κ3) is 5.80. The van der Waals surface area contributed by atoms with E-state index < -0.39 is 22.8 Å². The zero-order chi connectivity index (χ0) is 30.1. The Morgan fingerprint density at radius 2 is 1.72 bits per heavy atom. The van der Waals surface area contributed by atoms with Gasteiger partial charge in [0, 0.05) is 37.0 Å². The van der Waals surface area contributed by atoms with Gasteiger partial charge in [0.15, 0.2) is 0 Å². The lowest BCUT2D eigenvalue weighted by Crippen LogP contribution is -2.24. The maximum absolute atomic E-state index is 13.3. The van der Waals surface area contributed by atoms with Crippen LogP contribution in [-0.4, -0.2) is 65.0 Å². The number of hydrogen-bond donors (Lipinski definition) is 2. The van der Waals surface area contributed by atoms with Crippen LogP contribution in [0.15, 0.2) is 77.4 Å². The van der Waals surface area contributed by atoms with E-state index in [0.29, 0.717) is 28.2 Å². The van der Waals surface area contributed by atoms with E-state index in [2.05, 4.69) is 15.5 Å². The molecule has 3 aromatic rings. The Morgan fingerprint density at radius 3 is 2.37 bits per heavy atom. The Bertz CT molecular complexity index is 1670. The van der Waals surface area contributed by atoms with Crippen molar-refractivity contribution in [1.82, 2.24) is 15.1 Å². The zero-order valence-electron chi connectivity index (χ0n) is 23.6. The summed E-state index contributed by atoms with van der Waals surface area (Å²) in [5.41, 5.74) is 4.77. The second kappa shape index (κ2) is 11.6. The molecule has 2 N–H and O–H groups in total. The summed E-state index contributed by atoms with van der Waals surface area (Å²) in [4.78, 5) is 56.9. The molecule has 4 amide bonds. The van der Waals surface area contributed by atoms with Crippen LogP contribution in [0.3, 0.4) is 0 Å². The molecule has 6 rings (SSSR count). The van der Waals surface area contributed by atoms with Gasteiger partial charge in [-0.2, -0.15) is 0 Å². The maximum Gasteiger partial charge on any atom is 0.328 e. The first kappa shape index (κ1) is 28.0. The number of likely N-dealkylation sites (N-methyl/N-ethyl adjacent to an activating group) is 1. The molecule has 218 valence electrons. The van der Waals surface area contributed by atoms with Crippen LogP contribution >= 0.6 is 0 Å². The number of nitrogens with zero attached hydrogens (tertiary/aromatic N) is 4. The van der Waals surface area contributed by atoms with E-state index in [1.165, 1.54) is 42.5 Å². The van der Waals surface area contributed by atoms with E-state index in [4.69, 9.17) is 4.99 Å². The molecule has 0 aliphatic carbocycles. The number of nitro benzene ring substituents is 1. The number of benzene rings is 3. The second-order valence-electron chi connectivity index (χ2n) is 10.9. The number of carbonyl (C=O) groups excluding carboxylic acids is 3. The first-order valence-electron chi connectivity index (χ1n) is 14.2. The van der Waals surface area contributed by atoms with Crippen LogP contribution < -0.4 is 10.6 Å².